The number of nitrogens with zero attached hydrogens (tertiary/aromatic N) is 1. The highest BCUT2D eigenvalue weighted by atomic mass is 16.5. The molecule has 3 aromatic rings. The molecule has 4 atom stereocenters. The number of phenols is 1. The molecule has 3 heterocycles. The molecule has 4 aliphatic rings. The third-order valence-electron chi connectivity index (χ3n) is 8.39. The topological polar surface area (TPSA) is 68.7 Å². The van der Waals surface area contributed by atoms with Crippen LogP contribution in [0.3, 0.4) is 0 Å². The summed E-state index contributed by atoms with van der Waals surface area (Å²) in [6.07, 6.45) is 3.03. The summed E-state index contributed by atoms with van der Waals surface area (Å²) in [6, 6.07) is 12.2. The summed E-state index contributed by atoms with van der Waals surface area (Å²) in [5.74, 6) is 0.775. The molecule has 1 saturated heterocycles. The quantitative estimate of drug-likeness (QED) is 0.613. The SMILES string of the molecule is CCCN1CC[C@]23c4c5ccc(O)c4OC2c2[nH]c4ccccc4c2C[C@@]3(O)C1C5. The number of para-hydroxylation sites is 1. The number of hydrogen-bond donors (Lipinski definition) is 3. The van der Waals surface area contributed by atoms with Crippen LogP contribution in [-0.2, 0) is 18.3 Å². The number of aromatic hydroxyl groups is 1. The van der Waals surface area contributed by atoms with E-state index in [4.69, 9.17) is 4.74 Å². The second kappa shape index (κ2) is 5.40. The van der Waals surface area contributed by atoms with Crippen LogP contribution in [0.25, 0.3) is 10.9 Å². The van der Waals surface area contributed by atoms with Crippen molar-refractivity contribution in [3.63, 3.8) is 0 Å². The summed E-state index contributed by atoms with van der Waals surface area (Å²) in [4.78, 5) is 6.12. The first-order chi connectivity index (χ1) is 14.6. The van der Waals surface area contributed by atoms with Crippen molar-refractivity contribution in [3.05, 3.63) is 58.8 Å². The predicted octanol–water partition coefficient (Wildman–Crippen LogP) is 3.57. The van der Waals surface area contributed by atoms with Crippen molar-refractivity contribution >= 4 is 10.9 Å². The van der Waals surface area contributed by atoms with Gasteiger partial charge in [-0.3, -0.25) is 4.90 Å². The largest absolute Gasteiger partial charge is 0.504 e. The highest BCUT2D eigenvalue weighted by Gasteiger charge is 2.72. The van der Waals surface area contributed by atoms with E-state index in [1.807, 2.05) is 12.1 Å². The van der Waals surface area contributed by atoms with Gasteiger partial charge in [-0.1, -0.05) is 31.2 Å². The average Bonchev–Trinajstić information content (AvgIpc) is 3.27. The van der Waals surface area contributed by atoms with Crippen molar-refractivity contribution < 1.29 is 14.9 Å². The molecule has 0 amide bonds. The number of aromatic nitrogens is 1. The van der Waals surface area contributed by atoms with Gasteiger partial charge in [0.05, 0.1) is 16.7 Å². The molecule has 2 aliphatic heterocycles. The van der Waals surface area contributed by atoms with Crippen LogP contribution < -0.4 is 4.74 Å². The Bertz CT molecular complexity index is 1220. The lowest BCUT2D eigenvalue weighted by Gasteiger charge is -2.62. The van der Waals surface area contributed by atoms with Crippen molar-refractivity contribution in [1.29, 1.82) is 0 Å². The number of aromatic amines is 1. The summed E-state index contributed by atoms with van der Waals surface area (Å²) in [5, 5.41) is 24.5. The van der Waals surface area contributed by atoms with Crippen LogP contribution >= 0.6 is 0 Å². The number of aliphatic hydroxyl groups is 1. The third kappa shape index (κ3) is 1.71. The molecule has 154 valence electrons. The highest BCUT2D eigenvalue weighted by Crippen LogP contribution is 2.68. The number of ether oxygens (including phenoxy) is 1. The molecular formula is C25H26N2O3. The van der Waals surface area contributed by atoms with Gasteiger partial charge in [0.15, 0.2) is 17.6 Å². The molecule has 2 unspecified atom stereocenters. The van der Waals surface area contributed by atoms with Gasteiger partial charge in [-0.2, -0.15) is 0 Å². The van der Waals surface area contributed by atoms with Crippen molar-refractivity contribution in [2.75, 3.05) is 13.1 Å². The van der Waals surface area contributed by atoms with Crippen molar-refractivity contribution in [2.45, 2.75) is 55.8 Å². The zero-order valence-electron chi connectivity index (χ0n) is 17.1. The summed E-state index contributed by atoms with van der Waals surface area (Å²) in [5.41, 5.74) is 4.18. The molecule has 2 bridgehead atoms. The Hall–Kier alpha value is -2.50. The van der Waals surface area contributed by atoms with Gasteiger partial charge in [0.25, 0.3) is 0 Å². The minimum atomic E-state index is -0.922. The molecular weight excluding hydrogens is 376 g/mol. The second-order valence-corrected chi connectivity index (χ2v) is 9.59. The molecule has 30 heavy (non-hydrogen) atoms. The van der Waals surface area contributed by atoms with Gasteiger partial charge in [-0.25, -0.2) is 0 Å². The maximum atomic E-state index is 12.6. The molecule has 0 radical (unpaired) electrons. The molecule has 7 rings (SSSR count). The van der Waals surface area contributed by atoms with E-state index < -0.39 is 11.0 Å². The van der Waals surface area contributed by atoms with Gasteiger partial charge < -0.3 is 19.9 Å². The van der Waals surface area contributed by atoms with E-state index in [-0.39, 0.29) is 17.9 Å². The molecule has 2 aromatic carbocycles. The lowest BCUT2D eigenvalue weighted by Crippen LogP contribution is -2.74. The van der Waals surface area contributed by atoms with Gasteiger partial charge in [0.2, 0.25) is 0 Å². The molecule has 2 aliphatic carbocycles. The number of H-pyrrole nitrogens is 1. The van der Waals surface area contributed by atoms with Crippen LogP contribution in [0.15, 0.2) is 36.4 Å². The number of rotatable bonds is 2. The van der Waals surface area contributed by atoms with Gasteiger partial charge >= 0.3 is 0 Å². The van der Waals surface area contributed by atoms with Crippen molar-refractivity contribution in [3.8, 4) is 11.5 Å². The van der Waals surface area contributed by atoms with E-state index >= 15 is 0 Å². The van der Waals surface area contributed by atoms with E-state index in [1.165, 1.54) is 16.5 Å². The van der Waals surface area contributed by atoms with Crippen LogP contribution in [0.1, 0.15) is 48.3 Å². The Kier molecular flexibility index (Phi) is 3.10. The average molecular weight is 402 g/mol. The summed E-state index contributed by atoms with van der Waals surface area (Å²) >= 11 is 0. The van der Waals surface area contributed by atoms with E-state index in [0.29, 0.717) is 12.2 Å². The number of piperidine rings is 1. The lowest BCUT2D eigenvalue weighted by molar-refractivity contribution is -0.172. The Morgan fingerprint density at radius 3 is 2.97 bits per heavy atom. The first-order valence-electron chi connectivity index (χ1n) is 11.2. The van der Waals surface area contributed by atoms with Gasteiger partial charge in [-0.05, 0) is 55.6 Å². The van der Waals surface area contributed by atoms with Crippen molar-refractivity contribution in [2.24, 2.45) is 0 Å². The first-order valence-corrected chi connectivity index (χ1v) is 11.2. The van der Waals surface area contributed by atoms with E-state index in [0.717, 1.165) is 49.1 Å². The highest BCUT2D eigenvalue weighted by molar-refractivity contribution is 5.86. The van der Waals surface area contributed by atoms with Gasteiger partial charge in [0.1, 0.15) is 0 Å². The maximum Gasteiger partial charge on any atom is 0.166 e. The normalized spacial score (nSPS) is 33.3. The van der Waals surface area contributed by atoms with Crippen LogP contribution in [0.2, 0.25) is 0 Å². The summed E-state index contributed by atoms with van der Waals surface area (Å²) in [6.45, 7) is 4.15. The number of hydrogen-bond acceptors (Lipinski definition) is 4. The predicted molar refractivity (Wildman–Crippen MR) is 114 cm³/mol. The summed E-state index contributed by atoms with van der Waals surface area (Å²) < 4.78 is 6.57. The van der Waals surface area contributed by atoms with Crippen LogP contribution in [0, 0.1) is 0 Å². The lowest BCUT2D eigenvalue weighted by atomic mass is 9.49. The minimum Gasteiger partial charge on any atom is -0.504 e. The van der Waals surface area contributed by atoms with Crippen LogP contribution in [-0.4, -0.2) is 44.8 Å². The number of likely N-dealkylation sites (tertiary alicyclic amines) is 1. The fourth-order valence-electron chi connectivity index (χ4n) is 7.28. The minimum absolute atomic E-state index is 0.0575. The van der Waals surface area contributed by atoms with Gasteiger partial charge in [-0.15, -0.1) is 0 Å². The molecule has 0 saturated carbocycles. The Balaban J connectivity index is 1.56. The molecule has 1 aromatic heterocycles. The molecule has 1 spiro atoms. The smallest absolute Gasteiger partial charge is 0.166 e. The van der Waals surface area contributed by atoms with Crippen LogP contribution in [0.4, 0.5) is 0 Å². The molecule has 1 fully saturated rings. The summed E-state index contributed by atoms with van der Waals surface area (Å²) in [7, 11) is 0. The maximum absolute atomic E-state index is 12.6. The van der Waals surface area contributed by atoms with E-state index in [2.05, 4.69) is 35.0 Å². The Morgan fingerprint density at radius 1 is 1.23 bits per heavy atom. The molecule has 5 nitrogen and oxygen atoms in total. The molecule has 5 heteroatoms. The Labute approximate surface area is 175 Å². The molecule has 3 N–H and O–H groups in total. The van der Waals surface area contributed by atoms with Crippen molar-refractivity contribution in [1.82, 2.24) is 9.88 Å². The Morgan fingerprint density at radius 2 is 2.10 bits per heavy atom. The zero-order valence-corrected chi connectivity index (χ0v) is 17.1. The van der Waals surface area contributed by atoms with Gasteiger partial charge in [0, 0.05) is 28.9 Å². The van der Waals surface area contributed by atoms with Crippen LogP contribution in [0.5, 0.6) is 11.5 Å². The van der Waals surface area contributed by atoms with E-state index in [1.54, 1.807) is 6.07 Å². The number of benzene rings is 2. The number of fused-ring (bicyclic) bond motifs is 4. The third-order valence-corrected chi connectivity index (χ3v) is 8.39. The monoisotopic (exact) mass is 402 g/mol. The zero-order chi connectivity index (χ0) is 20.3. The number of nitrogens with one attached hydrogen (secondary N) is 1. The standard InChI is InChI=1S/C25H26N2O3/c1-2-10-27-11-9-24-20-14-7-8-18(28)22(20)30-23(24)21-16(13-25(24,29)19(27)12-14)15-5-3-4-6-17(15)26-21/h3-8,19,23,26,28-29H,2,9-13H2,1H3/t19?,23?,24-,25+/m0/s1. The fourth-order valence-corrected chi connectivity index (χ4v) is 7.28. The first kappa shape index (κ1) is 17.2. The van der Waals surface area contributed by atoms with E-state index in [9.17, 15) is 10.2 Å². The fraction of sp³-hybridized carbons (Fsp3) is 0.440. The second-order valence-electron chi connectivity index (χ2n) is 9.59. The number of phenolic OH excluding ortho intramolecular Hbond substituents is 1.